The van der Waals surface area contributed by atoms with Crippen LogP contribution in [0.1, 0.15) is 26.3 Å². The van der Waals surface area contributed by atoms with Gasteiger partial charge in [-0.1, -0.05) is 19.9 Å². The van der Waals surface area contributed by atoms with Crippen molar-refractivity contribution in [3.05, 3.63) is 28.2 Å². The summed E-state index contributed by atoms with van der Waals surface area (Å²) >= 11 is 5.33. The van der Waals surface area contributed by atoms with Crippen LogP contribution in [0.5, 0.6) is 0 Å². The molecule has 0 aromatic heterocycles. The Hall–Kier alpha value is -0.480. The number of hydrogen-bond donors (Lipinski definition) is 0. The standard InChI is InChI=1S/C13H17BrO2S/c1-4-16-13(15)8-10-5-6-12(11(14)7-10)17-9(2)3/h5-7,9H,4,8H2,1-3H3. The molecule has 0 saturated heterocycles. The van der Waals surface area contributed by atoms with Crippen LogP contribution < -0.4 is 0 Å². The van der Waals surface area contributed by atoms with Crippen molar-refractivity contribution in [1.82, 2.24) is 0 Å². The molecular formula is C13H17BrO2S. The van der Waals surface area contributed by atoms with Crippen molar-refractivity contribution < 1.29 is 9.53 Å². The third kappa shape index (κ3) is 5.13. The first-order valence-corrected chi connectivity index (χ1v) is 7.31. The molecule has 0 radical (unpaired) electrons. The first-order valence-electron chi connectivity index (χ1n) is 5.63. The number of carbonyl (C=O) groups is 1. The van der Waals surface area contributed by atoms with Gasteiger partial charge in [-0.3, -0.25) is 4.79 Å². The second-order valence-electron chi connectivity index (χ2n) is 3.91. The maximum absolute atomic E-state index is 11.3. The SMILES string of the molecule is CCOC(=O)Cc1ccc(SC(C)C)c(Br)c1. The molecule has 0 unspecified atom stereocenters. The van der Waals surface area contributed by atoms with Crippen LogP contribution in [0.2, 0.25) is 0 Å². The Morgan fingerprint density at radius 2 is 2.18 bits per heavy atom. The smallest absolute Gasteiger partial charge is 0.310 e. The van der Waals surface area contributed by atoms with Crippen molar-refractivity contribution in [3.8, 4) is 0 Å². The van der Waals surface area contributed by atoms with E-state index in [2.05, 4.69) is 29.8 Å². The molecule has 0 saturated carbocycles. The van der Waals surface area contributed by atoms with Crippen LogP contribution in [0.15, 0.2) is 27.6 Å². The molecule has 0 heterocycles. The second-order valence-corrected chi connectivity index (χ2v) is 6.39. The molecule has 17 heavy (non-hydrogen) atoms. The Kier molecular flexibility index (Phi) is 6.06. The molecule has 4 heteroatoms. The predicted molar refractivity (Wildman–Crippen MR) is 75.5 cm³/mol. The first-order chi connectivity index (χ1) is 8.02. The number of halogens is 1. The average molecular weight is 317 g/mol. The third-order valence-electron chi connectivity index (χ3n) is 2.01. The number of ether oxygens (including phenoxy) is 1. The van der Waals surface area contributed by atoms with E-state index in [4.69, 9.17) is 4.74 Å². The fraction of sp³-hybridized carbons (Fsp3) is 0.462. The number of thioether (sulfide) groups is 1. The highest BCUT2D eigenvalue weighted by Crippen LogP contribution is 2.31. The summed E-state index contributed by atoms with van der Waals surface area (Å²) in [6, 6.07) is 6.01. The summed E-state index contributed by atoms with van der Waals surface area (Å²) in [5.41, 5.74) is 0.975. The summed E-state index contributed by atoms with van der Waals surface area (Å²) in [4.78, 5) is 12.5. The zero-order chi connectivity index (χ0) is 12.8. The Labute approximate surface area is 115 Å². The van der Waals surface area contributed by atoms with Crippen LogP contribution in [-0.4, -0.2) is 17.8 Å². The Bertz CT molecular complexity index is 391. The number of carbonyl (C=O) groups excluding carboxylic acids is 1. The molecular weight excluding hydrogens is 300 g/mol. The molecule has 94 valence electrons. The molecule has 0 aliphatic heterocycles. The van der Waals surface area contributed by atoms with Gasteiger partial charge in [-0.15, -0.1) is 11.8 Å². The highest BCUT2D eigenvalue weighted by atomic mass is 79.9. The number of esters is 1. The molecule has 0 atom stereocenters. The van der Waals surface area contributed by atoms with Gasteiger partial charge in [0.1, 0.15) is 0 Å². The summed E-state index contributed by atoms with van der Waals surface area (Å²) in [7, 11) is 0. The van der Waals surface area contributed by atoms with E-state index in [1.807, 2.05) is 25.1 Å². The predicted octanol–water partition coefficient (Wildman–Crippen LogP) is 4.06. The van der Waals surface area contributed by atoms with Gasteiger partial charge in [0.25, 0.3) is 0 Å². The molecule has 1 aromatic carbocycles. The summed E-state index contributed by atoms with van der Waals surface area (Å²) in [6.45, 7) is 6.56. The van der Waals surface area contributed by atoms with Gasteiger partial charge in [-0.25, -0.2) is 0 Å². The zero-order valence-corrected chi connectivity index (χ0v) is 12.7. The van der Waals surface area contributed by atoms with Crippen molar-refractivity contribution in [2.24, 2.45) is 0 Å². The van der Waals surface area contributed by atoms with Crippen molar-refractivity contribution in [2.45, 2.75) is 37.3 Å². The van der Waals surface area contributed by atoms with E-state index in [-0.39, 0.29) is 5.97 Å². The van der Waals surface area contributed by atoms with E-state index in [0.29, 0.717) is 18.3 Å². The fourth-order valence-electron chi connectivity index (χ4n) is 1.38. The third-order valence-corrected chi connectivity index (χ3v) is 4.01. The lowest BCUT2D eigenvalue weighted by atomic mass is 10.1. The van der Waals surface area contributed by atoms with Gasteiger partial charge in [0.05, 0.1) is 13.0 Å². The van der Waals surface area contributed by atoms with Gasteiger partial charge < -0.3 is 4.74 Å². The van der Waals surface area contributed by atoms with Crippen molar-refractivity contribution in [3.63, 3.8) is 0 Å². The maximum Gasteiger partial charge on any atom is 0.310 e. The lowest BCUT2D eigenvalue weighted by Gasteiger charge is -2.09. The van der Waals surface area contributed by atoms with Crippen LogP contribution in [0, 0.1) is 0 Å². The van der Waals surface area contributed by atoms with Crippen LogP contribution >= 0.6 is 27.7 Å². The van der Waals surface area contributed by atoms with Gasteiger partial charge in [0.2, 0.25) is 0 Å². The fourth-order valence-corrected chi connectivity index (χ4v) is 2.92. The largest absolute Gasteiger partial charge is 0.466 e. The van der Waals surface area contributed by atoms with E-state index in [1.54, 1.807) is 11.8 Å². The number of benzene rings is 1. The van der Waals surface area contributed by atoms with Gasteiger partial charge in [0, 0.05) is 14.6 Å². The van der Waals surface area contributed by atoms with E-state index in [1.165, 1.54) is 4.90 Å². The molecule has 0 N–H and O–H groups in total. The molecule has 1 rings (SSSR count). The Balaban J connectivity index is 2.71. The Morgan fingerprint density at radius 3 is 2.71 bits per heavy atom. The first kappa shape index (κ1) is 14.6. The van der Waals surface area contributed by atoms with Gasteiger partial charge in [-0.05, 0) is 40.5 Å². The highest BCUT2D eigenvalue weighted by Gasteiger charge is 2.08. The van der Waals surface area contributed by atoms with Gasteiger partial charge in [-0.2, -0.15) is 0 Å². The topological polar surface area (TPSA) is 26.3 Å². The number of rotatable bonds is 5. The van der Waals surface area contributed by atoms with E-state index in [9.17, 15) is 4.79 Å². The molecule has 0 aliphatic rings. The lowest BCUT2D eigenvalue weighted by molar-refractivity contribution is -0.142. The number of hydrogen-bond acceptors (Lipinski definition) is 3. The quantitative estimate of drug-likeness (QED) is 0.605. The summed E-state index contributed by atoms with van der Waals surface area (Å²) in [6.07, 6.45) is 0.332. The molecule has 2 nitrogen and oxygen atoms in total. The second kappa shape index (κ2) is 7.07. The van der Waals surface area contributed by atoms with Crippen molar-refractivity contribution in [1.29, 1.82) is 0 Å². The lowest BCUT2D eigenvalue weighted by Crippen LogP contribution is -2.07. The minimum atomic E-state index is -0.177. The van der Waals surface area contributed by atoms with E-state index >= 15 is 0 Å². The van der Waals surface area contributed by atoms with Crippen molar-refractivity contribution >= 4 is 33.7 Å². The van der Waals surface area contributed by atoms with Crippen LogP contribution in [-0.2, 0) is 16.0 Å². The molecule has 0 amide bonds. The van der Waals surface area contributed by atoms with Crippen LogP contribution in [0.3, 0.4) is 0 Å². The van der Waals surface area contributed by atoms with Crippen molar-refractivity contribution in [2.75, 3.05) is 6.61 Å². The highest BCUT2D eigenvalue weighted by molar-refractivity contribution is 9.10. The molecule has 0 spiro atoms. The van der Waals surface area contributed by atoms with Crippen LogP contribution in [0.4, 0.5) is 0 Å². The summed E-state index contributed by atoms with van der Waals surface area (Å²) in [5.74, 6) is -0.177. The van der Waals surface area contributed by atoms with E-state index < -0.39 is 0 Å². The Morgan fingerprint density at radius 1 is 1.47 bits per heavy atom. The monoisotopic (exact) mass is 316 g/mol. The normalized spacial score (nSPS) is 10.6. The summed E-state index contributed by atoms with van der Waals surface area (Å²) < 4.78 is 5.96. The zero-order valence-electron chi connectivity index (χ0n) is 10.3. The van der Waals surface area contributed by atoms with E-state index in [0.717, 1.165) is 10.0 Å². The van der Waals surface area contributed by atoms with Gasteiger partial charge in [0.15, 0.2) is 0 Å². The average Bonchev–Trinajstić information content (AvgIpc) is 2.22. The molecule has 1 aromatic rings. The maximum atomic E-state index is 11.3. The minimum absolute atomic E-state index is 0.177. The summed E-state index contributed by atoms with van der Waals surface area (Å²) in [5, 5.41) is 0.544. The molecule has 0 bridgehead atoms. The van der Waals surface area contributed by atoms with Gasteiger partial charge >= 0.3 is 5.97 Å². The minimum Gasteiger partial charge on any atom is -0.466 e. The van der Waals surface area contributed by atoms with Crippen LogP contribution in [0.25, 0.3) is 0 Å². The molecule has 0 fully saturated rings. The molecule has 0 aliphatic carbocycles.